The third kappa shape index (κ3) is 6.15. The van der Waals surface area contributed by atoms with Crippen molar-refractivity contribution in [3.05, 3.63) is 28.8 Å². The maximum Gasteiger partial charge on any atom is 0.412 e. The van der Waals surface area contributed by atoms with Gasteiger partial charge in [-0.1, -0.05) is 17.7 Å². The summed E-state index contributed by atoms with van der Waals surface area (Å²) >= 11 is 6.02. The highest BCUT2D eigenvalue weighted by molar-refractivity contribution is 6.32. The summed E-state index contributed by atoms with van der Waals surface area (Å²) < 4.78 is 5.09. The number of halogens is 1. The van der Waals surface area contributed by atoms with Crippen LogP contribution in [0.1, 0.15) is 38.7 Å². The molecule has 23 heavy (non-hydrogen) atoms. The smallest absolute Gasteiger partial charge is 0.412 e. The van der Waals surface area contributed by atoms with E-state index in [9.17, 15) is 14.4 Å². The molecule has 1 amide bonds. The van der Waals surface area contributed by atoms with Crippen molar-refractivity contribution in [2.45, 2.75) is 38.7 Å². The first kappa shape index (κ1) is 18.8. The molecular formula is C15H18ClNO6. The Bertz CT molecular complexity index is 623. The minimum atomic E-state index is -1.29. The molecule has 0 aliphatic rings. The fourth-order valence-corrected chi connectivity index (χ4v) is 2.13. The lowest BCUT2D eigenvalue weighted by atomic mass is 9.95. The van der Waals surface area contributed by atoms with E-state index in [0.717, 1.165) is 0 Å². The number of amides is 1. The van der Waals surface area contributed by atoms with Gasteiger partial charge in [-0.2, -0.15) is 0 Å². The standard InChI is InChI=1S/C15H18ClNO6/c1-15(2,3)23-14(22)17-8-4-5-9(11(16)6-8)10(13(20)21)7-12(18)19/h4-6,10H,7H2,1-3H3,(H,17,22)(H,18,19)(H,20,21). The first-order chi connectivity index (χ1) is 10.5. The molecule has 0 heterocycles. The van der Waals surface area contributed by atoms with Crippen molar-refractivity contribution < 1.29 is 29.3 Å². The second-order valence-electron chi connectivity index (χ2n) is 5.85. The fourth-order valence-electron chi connectivity index (χ4n) is 1.81. The molecule has 0 aliphatic carbocycles. The van der Waals surface area contributed by atoms with Crippen LogP contribution in [0.25, 0.3) is 0 Å². The molecule has 0 bridgehead atoms. The van der Waals surface area contributed by atoms with Crippen LogP contribution in [0.4, 0.5) is 10.5 Å². The molecule has 0 saturated carbocycles. The number of benzene rings is 1. The van der Waals surface area contributed by atoms with Crippen LogP contribution >= 0.6 is 11.6 Å². The predicted octanol–water partition coefficient (Wildman–Crippen LogP) is 3.33. The Morgan fingerprint density at radius 1 is 1.26 bits per heavy atom. The minimum Gasteiger partial charge on any atom is -0.481 e. The first-order valence-electron chi connectivity index (χ1n) is 6.73. The lowest BCUT2D eigenvalue weighted by Crippen LogP contribution is -2.27. The summed E-state index contributed by atoms with van der Waals surface area (Å²) in [6, 6.07) is 4.15. The number of ether oxygens (including phenoxy) is 1. The van der Waals surface area contributed by atoms with Gasteiger partial charge < -0.3 is 14.9 Å². The molecule has 8 heteroatoms. The van der Waals surface area contributed by atoms with Crippen LogP contribution in [-0.4, -0.2) is 33.8 Å². The maximum absolute atomic E-state index is 11.7. The van der Waals surface area contributed by atoms with Crippen LogP contribution in [0.5, 0.6) is 0 Å². The molecule has 1 rings (SSSR count). The Morgan fingerprint density at radius 2 is 1.87 bits per heavy atom. The summed E-state index contributed by atoms with van der Waals surface area (Å²) in [6.07, 6.45) is -1.27. The number of rotatable bonds is 5. The second-order valence-corrected chi connectivity index (χ2v) is 6.26. The van der Waals surface area contributed by atoms with Gasteiger partial charge in [0.25, 0.3) is 0 Å². The molecule has 1 atom stereocenters. The second kappa shape index (κ2) is 7.32. The molecule has 0 fully saturated rings. The summed E-state index contributed by atoms with van der Waals surface area (Å²) in [7, 11) is 0. The average Bonchev–Trinajstić information content (AvgIpc) is 2.33. The van der Waals surface area contributed by atoms with Crippen molar-refractivity contribution in [3.8, 4) is 0 Å². The molecule has 3 N–H and O–H groups in total. The van der Waals surface area contributed by atoms with E-state index < -0.39 is 36.0 Å². The van der Waals surface area contributed by atoms with Gasteiger partial charge >= 0.3 is 18.0 Å². The van der Waals surface area contributed by atoms with Crippen LogP contribution in [0.2, 0.25) is 5.02 Å². The Balaban J connectivity index is 2.95. The highest BCUT2D eigenvalue weighted by Crippen LogP contribution is 2.30. The van der Waals surface area contributed by atoms with E-state index in [-0.39, 0.29) is 10.6 Å². The molecule has 1 unspecified atom stereocenters. The third-order valence-electron chi connectivity index (χ3n) is 2.70. The number of carbonyl (C=O) groups is 3. The van der Waals surface area contributed by atoms with Gasteiger partial charge in [0, 0.05) is 10.7 Å². The van der Waals surface area contributed by atoms with E-state index in [1.54, 1.807) is 20.8 Å². The number of hydrogen-bond acceptors (Lipinski definition) is 4. The molecular weight excluding hydrogens is 326 g/mol. The summed E-state index contributed by atoms with van der Waals surface area (Å²) in [4.78, 5) is 33.6. The zero-order valence-corrected chi connectivity index (χ0v) is 13.7. The van der Waals surface area contributed by atoms with Crippen LogP contribution in [0.15, 0.2) is 18.2 Å². The molecule has 1 aromatic carbocycles. The summed E-state index contributed by atoms with van der Waals surface area (Å²) in [5, 5.41) is 20.4. The van der Waals surface area contributed by atoms with Gasteiger partial charge in [0.15, 0.2) is 0 Å². The molecule has 126 valence electrons. The lowest BCUT2D eigenvalue weighted by molar-refractivity contribution is -0.145. The topological polar surface area (TPSA) is 113 Å². The average molecular weight is 344 g/mol. The zero-order valence-electron chi connectivity index (χ0n) is 12.9. The number of carboxylic acids is 2. The van der Waals surface area contributed by atoms with Crippen LogP contribution < -0.4 is 5.32 Å². The minimum absolute atomic E-state index is 0.0483. The van der Waals surface area contributed by atoms with E-state index in [1.807, 2.05) is 0 Å². The Morgan fingerprint density at radius 3 is 2.30 bits per heavy atom. The van der Waals surface area contributed by atoms with Crippen molar-refractivity contribution >= 4 is 35.3 Å². The Labute approximate surface area is 138 Å². The van der Waals surface area contributed by atoms with Gasteiger partial charge in [-0.15, -0.1) is 0 Å². The lowest BCUT2D eigenvalue weighted by Gasteiger charge is -2.20. The number of nitrogens with one attached hydrogen (secondary N) is 1. The van der Waals surface area contributed by atoms with Gasteiger partial charge in [0.2, 0.25) is 0 Å². The van der Waals surface area contributed by atoms with E-state index >= 15 is 0 Å². The quantitative estimate of drug-likeness (QED) is 0.755. The van der Waals surface area contributed by atoms with E-state index in [1.165, 1.54) is 18.2 Å². The summed E-state index contributed by atoms with van der Waals surface area (Å²) in [5.74, 6) is -3.80. The van der Waals surface area contributed by atoms with Crippen molar-refractivity contribution in [2.75, 3.05) is 5.32 Å². The fraction of sp³-hybridized carbons (Fsp3) is 0.400. The largest absolute Gasteiger partial charge is 0.481 e. The van der Waals surface area contributed by atoms with E-state index in [4.69, 9.17) is 26.6 Å². The zero-order chi connectivity index (χ0) is 17.8. The third-order valence-corrected chi connectivity index (χ3v) is 3.03. The molecule has 0 radical (unpaired) electrons. The number of hydrogen-bond donors (Lipinski definition) is 3. The summed E-state index contributed by atoms with van der Waals surface area (Å²) in [6.45, 7) is 5.14. The first-order valence-corrected chi connectivity index (χ1v) is 7.11. The Kier molecular flexibility index (Phi) is 5.98. The monoisotopic (exact) mass is 343 g/mol. The van der Waals surface area contributed by atoms with Gasteiger partial charge in [-0.05, 0) is 38.5 Å². The number of carboxylic acid groups (broad SMARTS) is 2. The molecule has 0 aliphatic heterocycles. The van der Waals surface area contributed by atoms with Gasteiger partial charge in [0.1, 0.15) is 5.60 Å². The molecule has 7 nitrogen and oxygen atoms in total. The van der Waals surface area contributed by atoms with Crippen molar-refractivity contribution in [2.24, 2.45) is 0 Å². The van der Waals surface area contributed by atoms with Crippen molar-refractivity contribution in [3.63, 3.8) is 0 Å². The van der Waals surface area contributed by atoms with Gasteiger partial charge in [0.05, 0.1) is 12.3 Å². The molecule has 0 saturated heterocycles. The van der Waals surface area contributed by atoms with Crippen LogP contribution in [0, 0.1) is 0 Å². The van der Waals surface area contributed by atoms with Crippen LogP contribution in [0.3, 0.4) is 0 Å². The van der Waals surface area contributed by atoms with Crippen LogP contribution in [-0.2, 0) is 14.3 Å². The SMILES string of the molecule is CC(C)(C)OC(=O)Nc1ccc(C(CC(=O)O)C(=O)O)c(Cl)c1. The predicted molar refractivity (Wildman–Crippen MR) is 83.9 cm³/mol. The van der Waals surface area contributed by atoms with E-state index in [2.05, 4.69) is 5.32 Å². The molecule has 0 aromatic heterocycles. The van der Waals surface area contributed by atoms with Gasteiger partial charge in [-0.3, -0.25) is 14.9 Å². The van der Waals surface area contributed by atoms with Crippen molar-refractivity contribution in [1.82, 2.24) is 0 Å². The molecule has 1 aromatic rings. The van der Waals surface area contributed by atoms with Gasteiger partial charge in [-0.25, -0.2) is 4.79 Å². The summed E-state index contributed by atoms with van der Waals surface area (Å²) in [5.41, 5.74) is -0.187. The molecule has 0 spiro atoms. The highest BCUT2D eigenvalue weighted by Gasteiger charge is 2.25. The maximum atomic E-state index is 11.7. The number of aliphatic carboxylic acids is 2. The van der Waals surface area contributed by atoms with Crippen molar-refractivity contribution in [1.29, 1.82) is 0 Å². The number of anilines is 1. The van der Waals surface area contributed by atoms with E-state index in [0.29, 0.717) is 5.69 Å². The Hall–Kier alpha value is -2.28. The number of carbonyl (C=O) groups excluding carboxylic acids is 1. The highest BCUT2D eigenvalue weighted by atomic mass is 35.5. The normalized spacial score (nSPS) is 12.3.